The highest BCUT2D eigenvalue weighted by molar-refractivity contribution is 8.10. The molecule has 2 spiro atoms. The first-order valence-corrected chi connectivity index (χ1v) is 10.3. The van der Waals surface area contributed by atoms with Gasteiger partial charge in [0.2, 0.25) is 0 Å². The van der Waals surface area contributed by atoms with Crippen molar-refractivity contribution >= 4 is 17.5 Å². The van der Waals surface area contributed by atoms with Crippen molar-refractivity contribution in [2.75, 3.05) is 0 Å². The Bertz CT molecular complexity index is 948. The summed E-state index contributed by atoms with van der Waals surface area (Å²) in [4.78, 5) is 13.9. The van der Waals surface area contributed by atoms with Crippen LogP contribution in [0.2, 0.25) is 0 Å². The highest BCUT2D eigenvalue weighted by atomic mass is 32.2. The standard InChI is InChI=1S/C23H22O2S/c1-20(2)18-12-13-21(20,3)19(24)23(18)22(26-23)14-8-4-6-10-16(14)25-17-11-7-5-9-15(17)22/h4-11,18H,12-13H2,1-3H3. The Morgan fingerprint density at radius 3 is 2.08 bits per heavy atom. The lowest BCUT2D eigenvalue weighted by atomic mass is 9.69. The monoisotopic (exact) mass is 362 g/mol. The SMILES string of the molecule is CC12CCC(C1(C)C)C1(SC13c1ccccc1Oc1ccccc13)C2=O. The van der Waals surface area contributed by atoms with E-state index in [1.54, 1.807) is 0 Å². The molecule has 26 heavy (non-hydrogen) atoms. The van der Waals surface area contributed by atoms with E-state index in [0.717, 1.165) is 24.3 Å². The average Bonchev–Trinajstić information content (AvgIpc) is 3.20. The number of thioether (sulfide) groups is 1. The molecular formula is C23H22O2S. The van der Waals surface area contributed by atoms with Crippen LogP contribution in [0.15, 0.2) is 48.5 Å². The lowest BCUT2D eigenvalue weighted by Gasteiger charge is -2.33. The minimum atomic E-state index is -0.334. The number of Topliss-reactive ketones (excluding diaryl/α,β-unsaturated/α-hetero) is 1. The molecule has 2 saturated carbocycles. The predicted octanol–water partition coefficient (Wildman–Crippen LogP) is 5.55. The molecule has 4 aliphatic rings. The molecule has 6 rings (SSSR count). The lowest BCUT2D eigenvalue weighted by molar-refractivity contribution is -0.129. The molecule has 2 aliphatic heterocycles. The van der Waals surface area contributed by atoms with Gasteiger partial charge in [0.15, 0.2) is 5.78 Å². The fourth-order valence-corrected chi connectivity index (χ4v) is 8.71. The van der Waals surface area contributed by atoms with Crippen LogP contribution in [-0.2, 0) is 9.54 Å². The van der Waals surface area contributed by atoms with E-state index >= 15 is 0 Å². The van der Waals surface area contributed by atoms with Gasteiger partial charge in [0, 0.05) is 16.5 Å². The molecule has 2 bridgehead atoms. The summed E-state index contributed by atoms with van der Waals surface area (Å²) in [6.45, 7) is 6.86. The third kappa shape index (κ3) is 1.29. The number of carbonyl (C=O) groups is 1. The number of hydrogen-bond acceptors (Lipinski definition) is 3. The Hall–Kier alpha value is -1.74. The van der Waals surface area contributed by atoms with Crippen molar-refractivity contribution in [3.63, 3.8) is 0 Å². The molecule has 1 saturated heterocycles. The third-order valence-corrected chi connectivity index (χ3v) is 10.1. The van der Waals surface area contributed by atoms with E-state index < -0.39 is 0 Å². The van der Waals surface area contributed by atoms with Gasteiger partial charge in [-0.05, 0) is 36.3 Å². The Morgan fingerprint density at radius 1 is 0.962 bits per heavy atom. The molecule has 0 amide bonds. The summed E-state index contributed by atoms with van der Waals surface area (Å²) in [5.74, 6) is 2.71. The average molecular weight is 362 g/mol. The van der Waals surface area contributed by atoms with Gasteiger partial charge in [-0.1, -0.05) is 57.2 Å². The number of benzene rings is 2. The first-order chi connectivity index (χ1) is 12.4. The minimum Gasteiger partial charge on any atom is -0.457 e. The number of fused-ring (bicyclic) bond motifs is 8. The van der Waals surface area contributed by atoms with Gasteiger partial charge in [-0.3, -0.25) is 4.79 Å². The van der Waals surface area contributed by atoms with Gasteiger partial charge in [-0.25, -0.2) is 0 Å². The molecule has 0 N–H and O–H groups in total. The first-order valence-electron chi connectivity index (χ1n) is 9.51. The van der Waals surface area contributed by atoms with Crippen LogP contribution in [0.5, 0.6) is 11.5 Å². The highest BCUT2D eigenvalue weighted by Crippen LogP contribution is 2.88. The van der Waals surface area contributed by atoms with Crippen LogP contribution in [-0.4, -0.2) is 10.5 Å². The number of ether oxygens (including phenoxy) is 1. The van der Waals surface area contributed by atoms with Crippen LogP contribution in [0, 0.1) is 16.7 Å². The van der Waals surface area contributed by atoms with Crippen molar-refractivity contribution in [3.05, 3.63) is 59.7 Å². The maximum absolute atomic E-state index is 13.9. The second-order valence-corrected chi connectivity index (χ2v) is 10.5. The zero-order valence-corrected chi connectivity index (χ0v) is 16.2. The van der Waals surface area contributed by atoms with E-state index in [-0.39, 0.29) is 20.3 Å². The smallest absolute Gasteiger partial charge is 0.157 e. The van der Waals surface area contributed by atoms with Gasteiger partial charge in [-0.2, -0.15) is 0 Å². The van der Waals surface area contributed by atoms with Gasteiger partial charge < -0.3 is 4.74 Å². The highest BCUT2D eigenvalue weighted by Gasteiger charge is 2.89. The van der Waals surface area contributed by atoms with Crippen molar-refractivity contribution in [3.8, 4) is 11.5 Å². The zero-order chi connectivity index (χ0) is 17.9. The van der Waals surface area contributed by atoms with Crippen LogP contribution in [0.25, 0.3) is 0 Å². The van der Waals surface area contributed by atoms with Crippen LogP contribution >= 0.6 is 11.8 Å². The molecule has 3 atom stereocenters. The fraction of sp³-hybridized carbons (Fsp3) is 0.435. The van der Waals surface area contributed by atoms with E-state index in [9.17, 15) is 4.79 Å². The van der Waals surface area contributed by atoms with Crippen LogP contribution in [0.3, 0.4) is 0 Å². The topological polar surface area (TPSA) is 26.3 Å². The van der Waals surface area contributed by atoms with Gasteiger partial charge in [0.05, 0.1) is 4.75 Å². The molecule has 3 fully saturated rings. The van der Waals surface area contributed by atoms with Gasteiger partial charge in [0.1, 0.15) is 16.2 Å². The second-order valence-electron chi connectivity index (χ2n) is 9.09. The van der Waals surface area contributed by atoms with Crippen LogP contribution in [0.4, 0.5) is 0 Å². The lowest BCUT2D eigenvalue weighted by Crippen LogP contribution is -2.42. The van der Waals surface area contributed by atoms with Crippen molar-refractivity contribution in [2.24, 2.45) is 16.7 Å². The molecule has 2 aromatic rings. The normalized spacial score (nSPS) is 36.7. The summed E-state index contributed by atoms with van der Waals surface area (Å²) in [5, 5.41) is 0. The second kappa shape index (κ2) is 4.22. The molecule has 0 radical (unpaired) electrons. The van der Waals surface area contributed by atoms with Crippen molar-refractivity contribution in [1.82, 2.24) is 0 Å². The molecule has 2 aliphatic carbocycles. The summed E-state index contributed by atoms with van der Waals surface area (Å²) in [7, 11) is 0. The van der Waals surface area contributed by atoms with Crippen molar-refractivity contribution < 1.29 is 9.53 Å². The molecule has 2 aromatic carbocycles. The molecule has 2 nitrogen and oxygen atoms in total. The molecule has 2 heterocycles. The molecule has 132 valence electrons. The fourth-order valence-electron chi connectivity index (χ4n) is 6.39. The zero-order valence-electron chi connectivity index (χ0n) is 15.3. The Labute approximate surface area is 158 Å². The predicted molar refractivity (Wildman–Crippen MR) is 104 cm³/mol. The number of ketones is 1. The quantitative estimate of drug-likeness (QED) is 0.575. The Balaban J connectivity index is 1.66. The maximum atomic E-state index is 13.9. The maximum Gasteiger partial charge on any atom is 0.157 e. The summed E-state index contributed by atoms with van der Waals surface area (Å²) in [6, 6.07) is 16.6. The largest absolute Gasteiger partial charge is 0.457 e. The van der Waals surface area contributed by atoms with Crippen LogP contribution < -0.4 is 4.74 Å². The van der Waals surface area contributed by atoms with Gasteiger partial charge >= 0.3 is 0 Å². The van der Waals surface area contributed by atoms with E-state index in [1.165, 1.54) is 11.1 Å². The Morgan fingerprint density at radius 2 is 1.54 bits per heavy atom. The summed E-state index contributed by atoms with van der Waals surface area (Å²) >= 11 is 1.90. The minimum absolute atomic E-state index is 0.0444. The first kappa shape index (κ1) is 15.3. The molecular weight excluding hydrogens is 340 g/mol. The van der Waals surface area contributed by atoms with E-state index in [1.807, 2.05) is 36.0 Å². The number of para-hydroxylation sites is 2. The molecule has 3 heteroatoms. The van der Waals surface area contributed by atoms with E-state index in [4.69, 9.17) is 4.74 Å². The molecule has 3 unspecified atom stereocenters. The van der Waals surface area contributed by atoms with Crippen molar-refractivity contribution in [2.45, 2.75) is 43.1 Å². The van der Waals surface area contributed by atoms with E-state index in [2.05, 4.69) is 45.0 Å². The van der Waals surface area contributed by atoms with E-state index in [0.29, 0.717) is 11.7 Å². The summed E-state index contributed by atoms with van der Waals surface area (Å²) in [5.41, 5.74) is 2.20. The number of rotatable bonds is 0. The molecule has 0 aromatic heterocycles. The van der Waals surface area contributed by atoms with Crippen LogP contribution in [0.1, 0.15) is 44.7 Å². The number of carbonyl (C=O) groups excluding carboxylic acids is 1. The Kier molecular flexibility index (Phi) is 2.49. The van der Waals surface area contributed by atoms with Gasteiger partial charge in [-0.15, -0.1) is 11.8 Å². The summed E-state index contributed by atoms with van der Waals surface area (Å²) < 4.78 is 5.61. The summed E-state index contributed by atoms with van der Waals surface area (Å²) in [6.07, 6.45) is 2.18. The van der Waals surface area contributed by atoms with Crippen molar-refractivity contribution in [1.29, 1.82) is 0 Å². The number of hydrogen-bond donors (Lipinski definition) is 0. The van der Waals surface area contributed by atoms with Gasteiger partial charge in [0.25, 0.3) is 0 Å². The third-order valence-electron chi connectivity index (χ3n) is 8.10.